The molecule has 0 saturated heterocycles. The first-order valence-corrected chi connectivity index (χ1v) is 8.42. The van der Waals surface area contributed by atoms with Crippen LogP contribution >= 0.6 is 0 Å². The van der Waals surface area contributed by atoms with E-state index in [2.05, 4.69) is 54.0 Å². The molecule has 1 atom stereocenters. The third-order valence-corrected chi connectivity index (χ3v) is 4.61. The molecule has 4 nitrogen and oxygen atoms in total. The van der Waals surface area contributed by atoms with Gasteiger partial charge in [-0.1, -0.05) is 30.3 Å². The molecule has 3 aromatic rings. The molecular formula is C21H22N4. The molecule has 0 aromatic heterocycles. The number of para-hydroxylation sites is 4. The van der Waals surface area contributed by atoms with Gasteiger partial charge in [0, 0.05) is 5.69 Å². The van der Waals surface area contributed by atoms with Crippen molar-refractivity contribution in [3.8, 4) is 0 Å². The highest BCUT2D eigenvalue weighted by atomic mass is 15.5. The fourth-order valence-corrected chi connectivity index (χ4v) is 3.63. The maximum Gasteiger partial charge on any atom is 0.164 e. The van der Waals surface area contributed by atoms with Crippen molar-refractivity contribution in [2.75, 3.05) is 15.5 Å². The SMILES string of the molecule is Cc1cc(C)cc(N2c3ccccc3N(c3ccccc3N)C2N)c1. The standard InChI is InChI=1S/C21H22N4/c1-14-11-15(2)13-16(12-14)24-19-9-5-6-10-20(19)25(21(24)23)18-8-4-3-7-17(18)22/h3-13,21H,22-23H2,1-2H3. The third-order valence-electron chi connectivity index (χ3n) is 4.61. The quantitative estimate of drug-likeness (QED) is 0.683. The van der Waals surface area contributed by atoms with E-state index in [9.17, 15) is 0 Å². The molecule has 4 N–H and O–H groups in total. The van der Waals surface area contributed by atoms with Crippen LogP contribution in [0.1, 0.15) is 11.1 Å². The molecule has 0 bridgehead atoms. The number of aryl methyl sites for hydroxylation is 2. The van der Waals surface area contributed by atoms with Gasteiger partial charge in [-0.2, -0.15) is 0 Å². The molecule has 0 fully saturated rings. The molecule has 0 spiro atoms. The lowest BCUT2D eigenvalue weighted by atomic mass is 10.1. The maximum atomic E-state index is 6.70. The Kier molecular flexibility index (Phi) is 3.62. The van der Waals surface area contributed by atoms with Crippen LogP contribution in [0.4, 0.5) is 28.4 Å². The van der Waals surface area contributed by atoms with Crippen LogP contribution in [0, 0.1) is 13.8 Å². The summed E-state index contributed by atoms with van der Waals surface area (Å²) in [4.78, 5) is 4.27. The lowest BCUT2D eigenvalue weighted by Gasteiger charge is -2.30. The van der Waals surface area contributed by atoms with Gasteiger partial charge in [-0.25, -0.2) is 0 Å². The summed E-state index contributed by atoms with van der Waals surface area (Å²) in [5.41, 5.74) is 20.3. The van der Waals surface area contributed by atoms with E-state index in [1.54, 1.807) is 0 Å². The number of fused-ring (bicyclic) bond motifs is 1. The van der Waals surface area contributed by atoms with Crippen LogP contribution < -0.4 is 21.3 Å². The molecule has 1 aliphatic rings. The lowest BCUT2D eigenvalue weighted by Crippen LogP contribution is -2.45. The van der Waals surface area contributed by atoms with Crippen LogP contribution in [0.5, 0.6) is 0 Å². The van der Waals surface area contributed by atoms with Gasteiger partial charge in [0.15, 0.2) is 6.29 Å². The molecule has 1 unspecified atom stereocenters. The average Bonchev–Trinajstić information content (AvgIpc) is 2.86. The summed E-state index contributed by atoms with van der Waals surface area (Å²) in [5.74, 6) is 0. The topological polar surface area (TPSA) is 58.5 Å². The van der Waals surface area contributed by atoms with Crippen LogP contribution in [0.3, 0.4) is 0 Å². The van der Waals surface area contributed by atoms with Crippen LogP contribution in [-0.4, -0.2) is 6.29 Å². The van der Waals surface area contributed by atoms with Crippen molar-refractivity contribution in [1.29, 1.82) is 0 Å². The average molecular weight is 330 g/mol. The minimum Gasteiger partial charge on any atom is -0.397 e. The van der Waals surface area contributed by atoms with Gasteiger partial charge in [0.05, 0.1) is 22.7 Å². The van der Waals surface area contributed by atoms with Gasteiger partial charge in [-0.15, -0.1) is 0 Å². The molecule has 0 amide bonds. The Bertz CT molecular complexity index is 914. The molecule has 1 aliphatic heterocycles. The number of hydrogen-bond acceptors (Lipinski definition) is 4. The van der Waals surface area contributed by atoms with Crippen LogP contribution in [0.25, 0.3) is 0 Å². The second kappa shape index (κ2) is 5.83. The van der Waals surface area contributed by atoms with Crippen molar-refractivity contribution in [3.63, 3.8) is 0 Å². The van der Waals surface area contributed by atoms with Crippen LogP contribution in [0.15, 0.2) is 66.7 Å². The molecule has 4 rings (SSSR count). The molecule has 0 saturated carbocycles. The van der Waals surface area contributed by atoms with Gasteiger partial charge in [-0.05, 0) is 61.4 Å². The second-order valence-corrected chi connectivity index (χ2v) is 6.55. The van der Waals surface area contributed by atoms with Crippen LogP contribution in [-0.2, 0) is 0 Å². The highest BCUT2D eigenvalue weighted by molar-refractivity contribution is 5.90. The molecular weight excluding hydrogens is 308 g/mol. The molecule has 0 aliphatic carbocycles. The van der Waals surface area contributed by atoms with Crippen molar-refractivity contribution in [2.24, 2.45) is 5.73 Å². The van der Waals surface area contributed by atoms with Gasteiger partial charge in [0.1, 0.15) is 0 Å². The number of hydrogen-bond donors (Lipinski definition) is 2. The van der Waals surface area contributed by atoms with E-state index in [0.717, 1.165) is 28.4 Å². The van der Waals surface area contributed by atoms with E-state index in [1.807, 2.05) is 36.4 Å². The first-order chi connectivity index (χ1) is 12.1. The number of nitrogen functional groups attached to an aromatic ring is 1. The van der Waals surface area contributed by atoms with Crippen molar-refractivity contribution in [1.82, 2.24) is 0 Å². The Morgan fingerprint density at radius 2 is 1.24 bits per heavy atom. The van der Waals surface area contributed by atoms with E-state index in [1.165, 1.54) is 11.1 Å². The highest BCUT2D eigenvalue weighted by Crippen LogP contribution is 2.47. The number of nitrogens with zero attached hydrogens (tertiary/aromatic N) is 2. The Balaban J connectivity index is 1.90. The fourth-order valence-electron chi connectivity index (χ4n) is 3.63. The minimum atomic E-state index is -0.358. The molecule has 0 radical (unpaired) electrons. The first-order valence-electron chi connectivity index (χ1n) is 8.42. The summed E-state index contributed by atoms with van der Waals surface area (Å²) in [6, 6.07) is 22.6. The predicted octanol–water partition coefficient (Wildman–Crippen LogP) is 4.42. The molecule has 3 aromatic carbocycles. The largest absolute Gasteiger partial charge is 0.397 e. The van der Waals surface area contributed by atoms with Gasteiger partial charge < -0.3 is 15.5 Å². The normalized spacial score (nSPS) is 16.2. The predicted molar refractivity (Wildman–Crippen MR) is 105 cm³/mol. The summed E-state index contributed by atoms with van der Waals surface area (Å²) < 4.78 is 0. The zero-order chi connectivity index (χ0) is 17.6. The zero-order valence-electron chi connectivity index (χ0n) is 14.5. The monoisotopic (exact) mass is 330 g/mol. The number of rotatable bonds is 2. The van der Waals surface area contributed by atoms with Gasteiger partial charge in [-0.3, -0.25) is 5.73 Å². The highest BCUT2D eigenvalue weighted by Gasteiger charge is 2.35. The van der Waals surface area contributed by atoms with Gasteiger partial charge >= 0.3 is 0 Å². The fraction of sp³-hybridized carbons (Fsp3) is 0.143. The molecule has 126 valence electrons. The summed E-state index contributed by atoms with van der Waals surface area (Å²) in [6.45, 7) is 4.22. The first kappa shape index (κ1) is 15.5. The minimum absolute atomic E-state index is 0.358. The van der Waals surface area contributed by atoms with Crippen molar-refractivity contribution in [2.45, 2.75) is 20.1 Å². The van der Waals surface area contributed by atoms with Crippen molar-refractivity contribution < 1.29 is 0 Å². The van der Waals surface area contributed by atoms with Crippen molar-refractivity contribution in [3.05, 3.63) is 77.9 Å². The van der Waals surface area contributed by atoms with E-state index < -0.39 is 0 Å². The Labute approximate surface area is 148 Å². The third kappa shape index (κ3) is 2.51. The molecule has 4 heteroatoms. The van der Waals surface area contributed by atoms with E-state index in [-0.39, 0.29) is 6.29 Å². The van der Waals surface area contributed by atoms with E-state index >= 15 is 0 Å². The summed E-state index contributed by atoms with van der Waals surface area (Å²) in [5, 5.41) is 0. The number of nitrogens with two attached hydrogens (primary N) is 2. The smallest absolute Gasteiger partial charge is 0.164 e. The molecule has 25 heavy (non-hydrogen) atoms. The van der Waals surface area contributed by atoms with E-state index in [0.29, 0.717) is 0 Å². The van der Waals surface area contributed by atoms with Gasteiger partial charge in [0.25, 0.3) is 0 Å². The lowest BCUT2D eigenvalue weighted by molar-refractivity contribution is 0.726. The number of benzene rings is 3. The van der Waals surface area contributed by atoms with Gasteiger partial charge in [0.2, 0.25) is 0 Å². The van der Waals surface area contributed by atoms with Crippen molar-refractivity contribution >= 4 is 28.4 Å². The Morgan fingerprint density at radius 1 is 0.720 bits per heavy atom. The van der Waals surface area contributed by atoms with E-state index in [4.69, 9.17) is 11.5 Å². The Hall–Kier alpha value is -2.98. The number of anilines is 5. The summed E-state index contributed by atoms with van der Waals surface area (Å²) in [6.07, 6.45) is -0.358. The van der Waals surface area contributed by atoms with Crippen LogP contribution in [0.2, 0.25) is 0 Å². The summed E-state index contributed by atoms with van der Waals surface area (Å²) >= 11 is 0. The summed E-state index contributed by atoms with van der Waals surface area (Å²) in [7, 11) is 0. The maximum absolute atomic E-state index is 6.70. The second-order valence-electron chi connectivity index (χ2n) is 6.55. The molecule has 1 heterocycles. The Morgan fingerprint density at radius 3 is 1.84 bits per heavy atom. The zero-order valence-corrected chi connectivity index (χ0v) is 14.5.